The van der Waals surface area contributed by atoms with Gasteiger partial charge in [-0.2, -0.15) is 0 Å². The predicted octanol–water partition coefficient (Wildman–Crippen LogP) is 3.39. The lowest BCUT2D eigenvalue weighted by Gasteiger charge is -2.10. The number of hydrogen-bond donors (Lipinski definition) is 1. The van der Waals surface area contributed by atoms with E-state index in [0.29, 0.717) is 0 Å². The minimum Gasteiger partial charge on any atom is -1.00 e. The molecular formula is C25H45ClN2O. The summed E-state index contributed by atoms with van der Waals surface area (Å²) in [5.74, 6) is 0.121. The van der Waals surface area contributed by atoms with E-state index in [0.717, 1.165) is 19.4 Å². The molecule has 0 saturated carbocycles. The number of nitrogens with zero attached hydrogens (tertiary/aromatic N) is 1. The van der Waals surface area contributed by atoms with Gasteiger partial charge in [0, 0.05) is 13.1 Å². The lowest BCUT2D eigenvalue weighted by molar-refractivity contribution is -0.443. The fraction of sp³-hybridized carbons (Fsp3) is 0.760. The number of halogens is 1. The first-order valence-corrected chi connectivity index (χ1v) is 11.9. The molecule has 1 unspecified atom stereocenters. The second-order valence-corrected chi connectivity index (χ2v) is 8.22. The molecule has 0 aromatic rings. The number of nitrogens with one attached hydrogen (secondary N) is 1. The monoisotopic (exact) mass is 424 g/mol. The first kappa shape index (κ1) is 27.9. The second kappa shape index (κ2) is 20.2. The molecule has 3 nitrogen and oxygen atoms in total. The zero-order valence-electron chi connectivity index (χ0n) is 19.0. The minimum absolute atomic E-state index is 0. The van der Waals surface area contributed by atoms with Gasteiger partial charge >= 0.3 is 0 Å². The molecule has 1 atom stereocenters. The highest BCUT2D eigenvalue weighted by atomic mass is 35.5. The van der Waals surface area contributed by atoms with Crippen molar-refractivity contribution in [1.29, 1.82) is 0 Å². The normalized spacial score (nSPS) is 15.3. The van der Waals surface area contributed by atoms with E-state index < -0.39 is 0 Å². The molecule has 0 radical (unpaired) electrons. The molecule has 1 rings (SSSR count). The van der Waals surface area contributed by atoms with Crippen molar-refractivity contribution < 1.29 is 21.8 Å². The third kappa shape index (κ3) is 15.4. The van der Waals surface area contributed by atoms with Crippen molar-refractivity contribution in [2.24, 2.45) is 5.92 Å². The van der Waals surface area contributed by atoms with Gasteiger partial charge in [-0.15, -0.1) is 0 Å². The maximum Gasteiger partial charge on any atom is 0.232 e. The molecule has 0 aliphatic carbocycles. The van der Waals surface area contributed by atoms with Crippen LogP contribution in [0.2, 0.25) is 0 Å². The second-order valence-electron chi connectivity index (χ2n) is 8.22. The quantitative estimate of drug-likeness (QED) is 0.281. The van der Waals surface area contributed by atoms with Crippen LogP contribution in [0.25, 0.3) is 0 Å². The average molecular weight is 425 g/mol. The van der Waals surface area contributed by atoms with Crippen LogP contribution in [0.4, 0.5) is 0 Å². The Balaban J connectivity index is 0.00000784. The van der Waals surface area contributed by atoms with Crippen molar-refractivity contribution >= 4 is 12.1 Å². The van der Waals surface area contributed by atoms with Crippen molar-refractivity contribution in [1.82, 2.24) is 5.32 Å². The molecule has 0 fully saturated rings. The number of allylic oxidation sites excluding steroid dienone is 2. The fourth-order valence-electron chi connectivity index (χ4n) is 3.84. The zero-order chi connectivity index (χ0) is 20.3. The summed E-state index contributed by atoms with van der Waals surface area (Å²) in [6.45, 7) is 3.15. The maximum atomic E-state index is 12.1. The Morgan fingerprint density at radius 2 is 1.41 bits per heavy atom. The minimum atomic E-state index is -0.0153. The van der Waals surface area contributed by atoms with E-state index >= 15 is 0 Å². The average Bonchev–Trinajstić information content (AvgIpc) is 2.73. The molecule has 1 aliphatic heterocycles. The van der Waals surface area contributed by atoms with Crippen molar-refractivity contribution in [2.45, 2.75) is 103 Å². The third-order valence-electron chi connectivity index (χ3n) is 5.66. The molecule has 4 heteroatoms. The fourth-order valence-corrected chi connectivity index (χ4v) is 3.84. The van der Waals surface area contributed by atoms with Gasteiger partial charge < -0.3 is 17.7 Å². The largest absolute Gasteiger partial charge is 1.00 e. The summed E-state index contributed by atoms with van der Waals surface area (Å²) in [6.07, 6.45) is 30.4. The van der Waals surface area contributed by atoms with Crippen LogP contribution in [-0.4, -0.2) is 30.3 Å². The van der Waals surface area contributed by atoms with E-state index in [1.807, 2.05) is 18.4 Å². The van der Waals surface area contributed by atoms with Crippen LogP contribution in [-0.2, 0) is 4.79 Å². The summed E-state index contributed by atoms with van der Waals surface area (Å²) in [7, 11) is 1.74. The highest BCUT2D eigenvalue weighted by Crippen LogP contribution is 2.15. The van der Waals surface area contributed by atoms with Gasteiger partial charge in [-0.25, -0.2) is 4.58 Å². The van der Waals surface area contributed by atoms with E-state index in [4.69, 9.17) is 0 Å². The Hall–Kier alpha value is -1.09. The first-order valence-electron chi connectivity index (χ1n) is 11.9. The number of rotatable bonds is 17. The molecule has 0 saturated heterocycles. The van der Waals surface area contributed by atoms with Crippen LogP contribution in [0.15, 0.2) is 24.4 Å². The van der Waals surface area contributed by atoms with Gasteiger partial charge in [0.1, 0.15) is 5.92 Å². The molecule has 168 valence electrons. The molecule has 1 aliphatic rings. The number of amides is 1. The molecule has 0 aromatic heterocycles. The van der Waals surface area contributed by atoms with E-state index in [9.17, 15) is 4.79 Å². The van der Waals surface area contributed by atoms with Gasteiger partial charge in [-0.1, -0.05) is 103 Å². The van der Waals surface area contributed by atoms with Crippen molar-refractivity contribution in [3.05, 3.63) is 24.4 Å². The standard InChI is InChI=1S/C25H44N2O.ClH/c1-3-4-5-6-7-8-9-10-11-12-13-14-15-17-20-24(25(28)26-2)23-27-21-18-16-19-22-27;/h16,18-19,21,23-24H,3-15,17,20,22H2,1-2H3;1H. The Morgan fingerprint density at radius 1 is 0.897 bits per heavy atom. The van der Waals surface area contributed by atoms with Crippen LogP contribution < -0.4 is 17.7 Å². The van der Waals surface area contributed by atoms with Gasteiger partial charge in [-0.05, 0) is 12.5 Å². The van der Waals surface area contributed by atoms with E-state index in [2.05, 4.69) is 29.1 Å². The summed E-state index contributed by atoms with van der Waals surface area (Å²) in [4.78, 5) is 12.1. The highest BCUT2D eigenvalue weighted by molar-refractivity contribution is 5.91. The van der Waals surface area contributed by atoms with E-state index in [1.165, 1.54) is 83.5 Å². The molecule has 1 amide bonds. The van der Waals surface area contributed by atoms with Crippen LogP contribution >= 0.6 is 0 Å². The first-order chi connectivity index (χ1) is 13.8. The lowest BCUT2D eigenvalue weighted by atomic mass is 9.99. The molecule has 0 spiro atoms. The Morgan fingerprint density at radius 3 is 1.86 bits per heavy atom. The van der Waals surface area contributed by atoms with E-state index in [-0.39, 0.29) is 24.2 Å². The Bertz CT molecular complexity index is 485. The van der Waals surface area contributed by atoms with E-state index in [1.54, 1.807) is 7.05 Å². The molecule has 1 heterocycles. The Labute approximate surface area is 186 Å². The number of unbranched alkanes of at least 4 members (excludes halogenated alkanes) is 13. The molecule has 1 N–H and O–H groups in total. The van der Waals surface area contributed by atoms with Gasteiger partial charge in [0.05, 0.1) is 0 Å². The number of carbonyl (C=O) groups excluding carboxylic acids is 1. The molecule has 0 bridgehead atoms. The van der Waals surface area contributed by atoms with Gasteiger partial charge in [0.25, 0.3) is 0 Å². The highest BCUT2D eigenvalue weighted by Gasteiger charge is 2.19. The van der Waals surface area contributed by atoms with Crippen molar-refractivity contribution in [3.8, 4) is 0 Å². The molecule has 0 aromatic carbocycles. The summed E-state index contributed by atoms with van der Waals surface area (Å²) in [6, 6.07) is 0. The Kier molecular flexibility index (Phi) is 19.4. The van der Waals surface area contributed by atoms with Crippen LogP contribution in [0.3, 0.4) is 0 Å². The summed E-state index contributed by atoms with van der Waals surface area (Å²) in [5.41, 5.74) is 0. The molecule has 29 heavy (non-hydrogen) atoms. The van der Waals surface area contributed by atoms with Crippen molar-refractivity contribution in [3.63, 3.8) is 0 Å². The SMILES string of the molecule is CCCCCCCCCCCCCCCCC(C=[N+]1C=CC=CC1)C(=O)NC.[Cl-]. The smallest absolute Gasteiger partial charge is 0.232 e. The van der Waals surface area contributed by atoms with Crippen molar-refractivity contribution in [2.75, 3.05) is 13.6 Å². The van der Waals surface area contributed by atoms with Crippen LogP contribution in [0.5, 0.6) is 0 Å². The lowest BCUT2D eigenvalue weighted by Crippen LogP contribution is -3.00. The third-order valence-corrected chi connectivity index (χ3v) is 5.66. The molecular weight excluding hydrogens is 380 g/mol. The summed E-state index contributed by atoms with van der Waals surface area (Å²) in [5, 5.41) is 2.82. The zero-order valence-corrected chi connectivity index (χ0v) is 19.8. The summed E-state index contributed by atoms with van der Waals surface area (Å²) >= 11 is 0. The number of carbonyl (C=O) groups is 1. The topological polar surface area (TPSA) is 32.1 Å². The van der Waals surface area contributed by atoms with Gasteiger partial charge in [-0.3, -0.25) is 4.79 Å². The van der Waals surface area contributed by atoms with Crippen LogP contribution in [0.1, 0.15) is 103 Å². The predicted molar refractivity (Wildman–Crippen MR) is 122 cm³/mol. The summed E-state index contributed by atoms with van der Waals surface area (Å²) < 4.78 is 2.11. The van der Waals surface area contributed by atoms with Gasteiger partial charge in [0.2, 0.25) is 5.91 Å². The number of hydrogen-bond acceptors (Lipinski definition) is 1. The van der Waals surface area contributed by atoms with Gasteiger partial charge in [0.15, 0.2) is 19.0 Å². The van der Waals surface area contributed by atoms with Crippen LogP contribution in [0, 0.1) is 5.92 Å². The maximum absolute atomic E-state index is 12.1.